The first-order valence-corrected chi connectivity index (χ1v) is 3.90. The molecule has 1 fully saturated rings. The van der Waals surface area contributed by atoms with Crippen molar-refractivity contribution in [3.05, 3.63) is 0 Å². The molecule has 0 aromatic rings. The molecule has 2 nitrogen and oxygen atoms in total. The van der Waals surface area contributed by atoms with Crippen molar-refractivity contribution in [2.24, 2.45) is 5.41 Å². The Labute approximate surface area is 61.2 Å². The zero-order valence-electron chi connectivity index (χ0n) is 6.39. The molecule has 0 bridgehead atoms. The number of carbonyl (C=O) groups is 1. The summed E-state index contributed by atoms with van der Waals surface area (Å²) in [7, 11) is 0. The van der Waals surface area contributed by atoms with Gasteiger partial charge in [-0.15, -0.1) is 0 Å². The minimum absolute atomic E-state index is 0.186. The van der Waals surface area contributed by atoms with Gasteiger partial charge in [0.2, 0.25) is 0 Å². The Kier molecular flexibility index (Phi) is 1.97. The van der Waals surface area contributed by atoms with Gasteiger partial charge in [0.05, 0.1) is 6.42 Å². The molecule has 0 aromatic carbocycles. The van der Waals surface area contributed by atoms with Crippen molar-refractivity contribution in [2.45, 2.75) is 39.0 Å². The van der Waals surface area contributed by atoms with Gasteiger partial charge in [-0.25, -0.2) is 0 Å². The van der Waals surface area contributed by atoms with Crippen LogP contribution in [0.1, 0.15) is 39.0 Å². The smallest absolute Gasteiger partial charge is 0.303 e. The molecule has 10 heavy (non-hydrogen) atoms. The average molecular weight is 142 g/mol. The number of carboxylic acid groups (broad SMARTS) is 1. The monoisotopic (exact) mass is 142 g/mol. The SMILES string of the molecule is CCC1(CC(=O)O)CCC1. The van der Waals surface area contributed by atoms with Gasteiger partial charge >= 0.3 is 5.97 Å². The second-order valence-corrected chi connectivity index (χ2v) is 3.28. The molecule has 1 saturated carbocycles. The van der Waals surface area contributed by atoms with Gasteiger partial charge in [-0.1, -0.05) is 13.3 Å². The van der Waals surface area contributed by atoms with Crippen molar-refractivity contribution in [1.82, 2.24) is 0 Å². The normalized spacial score (nSPS) is 21.7. The highest BCUT2D eigenvalue weighted by atomic mass is 16.4. The summed E-state index contributed by atoms with van der Waals surface area (Å²) in [5.41, 5.74) is 0.186. The van der Waals surface area contributed by atoms with E-state index in [0.29, 0.717) is 6.42 Å². The summed E-state index contributed by atoms with van der Waals surface area (Å²) in [4.78, 5) is 10.4. The molecule has 0 heterocycles. The summed E-state index contributed by atoms with van der Waals surface area (Å²) in [6, 6.07) is 0. The summed E-state index contributed by atoms with van der Waals surface area (Å²) < 4.78 is 0. The Hall–Kier alpha value is -0.530. The van der Waals surface area contributed by atoms with Gasteiger partial charge < -0.3 is 5.11 Å². The summed E-state index contributed by atoms with van der Waals surface area (Å²) >= 11 is 0. The molecule has 1 rings (SSSR count). The van der Waals surface area contributed by atoms with Crippen LogP contribution in [0.5, 0.6) is 0 Å². The lowest BCUT2D eigenvalue weighted by molar-refractivity contribution is -0.141. The van der Waals surface area contributed by atoms with Crippen molar-refractivity contribution < 1.29 is 9.90 Å². The largest absolute Gasteiger partial charge is 0.481 e. The zero-order valence-corrected chi connectivity index (χ0v) is 6.39. The molecule has 0 unspecified atom stereocenters. The fourth-order valence-corrected chi connectivity index (χ4v) is 1.65. The third-order valence-electron chi connectivity index (χ3n) is 2.69. The predicted octanol–water partition coefficient (Wildman–Crippen LogP) is 2.04. The van der Waals surface area contributed by atoms with Crippen LogP contribution in [0.3, 0.4) is 0 Å². The summed E-state index contributed by atoms with van der Waals surface area (Å²) in [5.74, 6) is -0.637. The number of rotatable bonds is 3. The number of hydrogen-bond donors (Lipinski definition) is 1. The zero-order chi connectivity index (χ0) is 7.61. The van der Waals surface area contributed by atoms with E-state index in [1.165, 1.54) is 6.42 Å². The minimum atomic E-state index is -0.637. The van der Waals surface area contributed by atoms with E-state index >= 15 is 0 Å². The molecular weight excluding hydrogens is 128 g/mol. The molecule has 1 aliphatic rings. The van der Waals surface area contributed by atoms with Crippen LogP contribution in [0.4, 0.5) is 0 Å². The van der Waals surface area contributed by atoms with Crippen molar-refractivity contribution in [3.63, 3.8) is 0 Å². The molecule has 0 amide bonds. The Balaban J connectivity index is 2.40. The van der Waals surface area contributed by atoms with Gasteiger partial charge in [0.15, 0.2) is 0 Å². The van der Waals surface area contributed by atoms with E-state index in [-0.39, 0.29) is 5.41 Å². The minimum Gasteiger partial charge on any atom is -0.481 e. The number of carboxylic acids is 1. The van der Waals surface area contributed by atoms with E-state index < -0.39 is 5.97 Å². The number of hydrogen-bond acceptors (Lipinski definition) is 1. The van der Waals surface area contributed by atoms with Gasteiger partial charge in [-0.05, 0) is 24.7 Å². The molecule has 0 saturated heterocycles. The highest BCUT2D eigenvalue weighted by Crippen LogP contribution is 2.46. The first-order valence-electron chi connectivity index (χ1n) is 3.90. The predicted molar refractivity (Wildman–Crippen MR) is 38.8 cm³/mol. The molecule has 0 radical (unpaired) electrons. The average Bonchev–Trinajstić information content (AvgIpc) is 1.78. The highest BCUT2D eigenvalue weighted by molar-refractivity contribution is 5.67. The third-order valence-corrected chi connectivity index (χ3v) is 2.69. The van der Waals surface area contributed by atoms with Crippen LogP contribution in [0.25, 0.3) is 0 Å². The van der Waals surface area contributed by atoms with Gasteiger partial charge in [-0.2, -0.15) is 0 Å². The molecule has 0 aliphatic heterocycles. The highest BCUT2D eigenvalue weighted by Gasteiger charge is 2.36. The summed E-state index contributed by atoms with van der Waals surface area (Å²) in [5, 5.41) is 8.55. The third kappa shape index (κ3) is 1.31. The van der Waals surface area contributed by atoms with Crippen LogP contribution in [-0.2, 0) is 4.79 Å². The van der Waals surface area contributed by atoms with Crippen molar-refractivity contribution in [1.29, 1.82) is 0 Å². The molecule has 0 aromatic heterocycles. The van der Waals surface area contributed by atoms with Crippen molar-refractivity contribution >= 4 is 5.97 Å². The van der Waals surface area contributed by atoms with E-state index in [2.05, 4.69) is 6.92 Å². The van der Waals surface area contributed by atoms with Crippen LogP contribution < -0.4 is 0 Å². The van der Waals surface area contributed by atoms with Gasteiger partial charge in [0.1, 0.15) is 0 Å². The maximum absolute atomic E-state index is 10.4. The second-order valence-electron chi connectivity index (χ2n) is 3.28. The lowest BCUT2D eigenvalue weighted by atomic mass is 9.65. The molecule has 58 valence electrons. The molecule has 1 N–H and O–H groups in total. The molecule has 1 aliphatic carbocycles. The molecular formula is C8H14O2. The second kappa shape index (κ2) is 2.60. The van der Waals surface area contributed by atoms with Crippen molar-refractivity contribution in [3.8, 4) is 0 Å². The van der Waals surface area contributed by atoms with Crippen LogP contribution >= 0.6 is 0 Å². The molecule has 0 spiro atoms. The maximum Gasteiger partial charge on any atom is 0.303 e. The van der Waals surface area contributed by atoms with Crippen LogP contribution in [0.15, 0.2) is 0 Å². The first-order chi connectivity index (χ1) is 4.68. The lowest BCUT2D eigenvalue weighted by Gasteiger charge is -2.39. The maximum atomic E-state index is 10.4. The van der Waals surface area contributed by atoms with E-state index in [1.807, 2.05) is 0 Å². The first kappa shape index (κ1) is 7.58. The van der Waals surface area contributed by atoms with E-state index in [0.717, 1.165) is 19.3 Å². The van der Waals surface area contributed by atoms with Crippen LogP contribution in [0.2, 0.25) is 0 Å². The molecule has 0 atom stereocenters. The van der Waals surface area contributed by atoms with E-state index in [1.54, 1.807) is 0 Å². The fourth-order valence-electron chi connectivity index (χ4n) is 1.65. The Bertz CT molecular complexity index is 131. The summed E-state index contributed by atoms with van der Waals surface area (Å²) in [6.07, 6.45) is 4.87. The van der Waals surface area contributed by atoms with Crippen molar-refractivity contribution in [2.75, 3.05) is 0 Å². The van der Waals surface area contributed by atoms with E-state index in [4.69, 9.17) is 5.11 Å². The topological polar surface area (TPSA) is 37.3 Å². The molecule has 2 heteroatoms. The number of aliphatic carboxylic acids is 1. The van der Waals surface area contributed by atoms with E-state index in [9.17, 15) is 4.79 Å². The Morgan fingerprint density at radius 3 is 2.30 bits per heavy atom. The van der Waals surface area contributed by atoms with Gasteiger partial charge in [0.25, 0.3) is 0 Å². The Morgan fingerprint density at radius 1 is 1.60 bits per heavy atom. The van der Waals surface area contributed by atoms with Gasteiger partial charge in [0, 0.05) is 0 Å². The fraction of sp³-hybridized carbons (Fsp3) is 0.875. The van der Waals surface area contributed by atoms with Gasteiger partial charge in [-0.3, -0.25) is 4.79 Å². The van der Waals surface area contributed by atoms with Crippen LogP contribution in [0, 0.1) is 5.41 Å². The quantitative estimate of drug-likeness (QED) is 0.654. The lowest BCUT2D eigenvalue weighted by Crippen LogP contribution is -2.31. The Morgan fingerprint density at radius 2 is 2.20 bits per heavy atom. The van der Waals surface area contributed by atoms with Crippen LogP contribution in [-0.4, -0.2) is 11.1 Å². The standard InChI is InChI=1S/C8H14O2/c1-2-8(4-3-5-8)6-7(9)10/h2-6H2,1H3,(H,9,10). The summed E-state index contributed by atoms with van der Waals surface area (Å²) in [6.45, 7) is 2.09.